The Balaban J connectivity index is 3.36. The van der Waals surface area contributed by atoms with Crippen molar-refractivity contribution >= 4 is 12.2 Å². The molecule has 0 amide bonds. The zero-order chi connectivity index (χ0) is 7.98. The number of aliphatic hydroxyl groups excluding tert-OH is 1. The first kappa shape index (κ1) is 8.90. The summed E-state index contributed by atoms with van der Waals surface area (Å²) in [7, 11) is 0. The molecular formula is C5H11N3O2. The van der Waals surface area contributed by atoms with Crippen LogP contribution >= 0.6 is 0 Å². The maximum absolute atomic E-state index is 9.82. The van der Waals surface area contributed by atoms with Gasteiger partial charge in [0.05, 0.1) is 0 Å². The molecule has 0 radical (unpaired) electrons. The maximum Gasteiger partial charge on any atom is 0.185 e. The number of aliphatic hydroxyl groups is 1. The summed E-state index contributed by atoms with van der Waals surface area (Å²) in [5.41, 5.74) is 9.96. The van der Waals surface area contributed by atoms with Gasteiger partial charge in [-0.05, 0) is 6.42 Å². The molecule has 0 aromatic heterocycles. The summed E-state index contributed by atoms with van der Waals surface area (Å²) < 4.78 is 0. The van der Waals surface area contributed by atoms with Crippen LogP contribution in [0.5, 0.6) is 0 Å². The molecule has 5 N–H and O–H groups in total. The van der Waals surface area contributed by atoms with Crippen molar-refractivity contribution in [1.82, 2.24) is 0 Å². The molecule has 0 aliphatic carbocycles. The molecule has 0 aliphatic heterocycles. The van der Waals surface area contributed by atoms with E-state index in [1.807, 2.05) is 0 Å². The van der Waals surface area contributed by atoms with E-state index in [-0.39, 0.29) is 18.9 Å². The molecule has 0 saturated carbocycles. The number of hydrogen-bond acceptors (Lipinski definition) is 3. The van der Waals surface area contributed by atoms with Gasteiger partial charge in [0.1, 0.15) is 12.4 Å². The van der Waals surface area contributed by atoms with Crippen molar-refractivity contribution in [1.29, 1.82) is 0 Å². The van der Waals surface area contributed by atoms with Gasteiger partial charge in [0.2, 0.25) is 0 Å². The summed E-state index contributed by atoms with van der Waals surface area (Å²) in [4.78, 5) is 13.4. The summed E-state index contributed by atoms with van der Waals surface area (Å²) >= 11 is 0. The molecule has 5 heteroatoms. The molecule has 0 rings (SSSR count). The highest BCUT2D eigenvalue weighted by Crippen LogP contribution is 1.86. The normalized spacial score (nSPS) is 12.1. The number of aldehydes is 1. The molecule has 58 valence electrons. The minimum atomic E-state index is -0.955. The highest BCUT2D eigenvalue weighted by atomic mass is 16.3. The molecule has 0 fully saturated rings. The fraction of sp³-hybridized carbons (Fsp3) is 0.600. The lowest BCUT2D eigenvalue weighted by molar-refractivity contribution is -0.114. The predicted octanol–water partition coefficient (Wildman–Crippen LogP) is -1.79. The molecule has 0 aromatic carbocycles. The molecule has 0 saturated heterocycles. The minimum absolute atomic E-state index is 0.0295. The average Bonchev–Trinajstić information content (AvgIpc) is 1.87. The quantitative estimate of drug-likeness (QED) is 0.247. The summed E-state index contributed by atoms with van der Waals surface area (Å²) in [5.74, 6) is -0.0295. The molecule has 10 heavy (non-hydrogen) atoms. The van der Waals surface area contributed by atoms with Gasteiger partial charge < -0.3 is 21.4 Å². The first-order valence-corrected chi connectivity index (χ1v) is 2.85. The van der Waals surface area contributed by atoms with Crippen molar-refractivity contribution in [3.05, 3.63) is 0 Å². The number of guanidine groups is 1. The highest BCUT2D eigenvalue weighted by molar-refractivity contribution is 5.75. The van der Waals surface area contributed by atoms with E-state index in [0.717, 1.165) is 0 Å². The van der Waals surface area contributed by atoms with Crippen LogP contribution in [0.2, 0.25) is 0 Å². The third kappa shape index (κ3) is 5.04. The summed E-state index contributed by atoms with van der Waals surface area (Å²) in [5, 5.41) is 8.65. The van der Waals surface area contributed by atoms with Gasteiger partial charge in [-0.25, -0.2) is 0 Å². The van der Waals surface area contributed by atoms with E-state index < -0.39 is 6.10 Å². The Labute approximate surface area is 58.7 Å². The van der Waals surface area contributed by atoms with Crippen molar-refractivity contribution in [3.8, 4) is 0 Å². The van der Waals surface area contributed by atoms with Crippen LogP contribution in [0.1, 0.15) is 6.42 Å². The third-order valence-electron chi connectivity index (χ3n) is 0.876. The van der Waals surface area contributed by atoms with E-state index >= 15 is 0 Å². The smallest absolute Gasteiger partial charge is 0.185 e. The van der Waals surface area contributed by atoms with Gasteiger partial charge in [-0.3, -0.25) is 4.99 Å². The average molecular weight is 145 g/mol. The van der Waals surface area contributed by atoms with Gasteiger partial charge in [0.15, 0.2) is 5.96 Å². The van der Waals surface area contributed by atoms with Gasteiger partial charge in [0.25, 0.3) is 0 Å². The van der Waals surface area contributed by atoms with Crippen LogP contribution in [-0.4, -0.2) is 30.0 Å². The van der Waals surface area contributed by atoms with E-state index in [0.29, 0.717) is 6.29 Å². The molecule has 0 spiro atoms. The van der Waals surface area contributed by atoms with Crippen LogP contribution in [0.4, 0.5) is 0 Å². The predicted molar refractivity (Wildman–Crippen MR) is 37.4 cm³/mol. The fourth-order valence-electron chi connectivity index (χ4n) is 0.394. The topological polar surface area (TPSA) is 102 Å². The number of nitrogens with zero attached hydrogens (tertiary/aromatic N) is 1. The highest BCUT2D eigenvalue weighted by Gasteiger charge is 1.98. The molecular weight excluding hydrogens is 134 g/mol. The third-order valence-corrected chi connectivity index (χ3v) is 0.876. The molecule has 0 aliphatic rings. The number of hydrogen-bond donors (Lipinski definition) is 3. The van der Waals surface area contributed by atoms with Crippen LogP contribution in [-0.2, 0) is 4.79 Å². The number of carbonyl (C=O) groups is 1. The lowest BCUT2D eigenvalue weighted by Crippen LogP contribution is -2.23. The van der Waals surface area contributed by atoms with E-state index in [9.17, 15) is 4.79 Å². The standard InChI is InChI=1S/C5H11N3O2/c6-5(7)8-2-1-4(10)3-9/h3-4,10H,1-2H2,(H4,6,7,8). The molecule has 1 unspecified atom stereocenters. The van der Waals surface area contributed by atoms with Gasteiger partial charge in [-0.2, -0.15) is 0 Å². The van der Waals surface area contributed by atoms with Gasteiger partial charge in [0, 0.05) is 6.54 Å². The monoisotopic (exact) mass is 145 g/mol. The van der Waals surface area contributed by atoms with Crippen LogP contribution in [0.15, 0.2) is 4.99 Å². The Morgan fingerprint density at radius 3 is 2.70 bits per heavy atom. The number of carbonyl (C=O) groups excluding carboxylic acids is 1. The second kappa shape index (κ2) is 4.75. The van der Waals surface area contributed by atoms with Crippen LogP contribution < -0.4 is 11.5 Å². The van der Waals surface area contributed by atoms with Crippen molar-refractivity contribution in [2.45, 2.75) is 12.5 Å². The van der Waals surface area contributed by atoms with Gasteiger partial charge >= 0.3 is 0 Å². The Bertz CT molecular complexity index is 131. The summed E-state index contributed by atoms with van der Waals surface area (Å²) in [6, 6.07) is 0. The lowest BCUT2D eigenvalue weighted by Gasteiger charge is -1.97. The van der Waals surface area contributed by atoms with E-state index in [4.69, 9.17) is 16.6 Å². The molecule has 0 aromatic rings. The molecule has 0 heterocycles. The molecule has 5 nitrogen and oxygen atoms in total. The second-order valence-corrected chi connectivity index (χ2v) is 1.80. The molecule has 0 bridgehead atoms. The largest absolute Gasteiger partial charge is 0.386 e. The Morgan fingerprint density at radius 2 is 2.30 bits per heavy atom. The van der Waals surface area contributed by atoms with E-state index in [1.165, 1.54) is 0 Å². The Kier molecular flexibility index (Phi) is 4.23. The van der Waals surface area contributed by atoms with Crippen molar-refractivity contribution in [2.75, 3.05) is 6.54 Å². The van der Waals surface area contributed by atoms with E-state index in [1.54, 1.807) is 0 Å². The number of aliphatic imine (C=N–C) groups is 1. The zero-order valence-electron chi connectivity index (χ0n) is 5.53. The van der Waals surface area contributed by atoms with E-state index in [2.05, 4.69) is 4.99 Å². The first-order valence-electron chi connectivity index (χ1n) is 2.85. The van der Waals surface area contributed by atoms with Crippen molar-refractivity contribution in [2.24, 2.45) is 16.5 Å². The fourth-order valence-corrected chi connectivity index (χ4v) is 0.394. The van der Waals surface area contributed by atoms with Crippen molar-refractivity contribution < 1.29 is 9.90 Å². The summed E-state index contributed by atoms with van der Waals surface area (Å²) in [6.45, 7) is 0.280. The van der Waals surface area contributed by atoms with Gasteiger partial charge in [-0.15, -0.1) is 0 Å². The number of nitrogens with two attached hydrogens (primary N) is 2. The minimum Gasteiger partial charge on any atom is -0.386 e. The SMILES string of the molecule is NC(N)=NCCC(O)C=O. The lowest BCUT2D eigenvalue weighted by atomic mass is 10.3. The van der Waals surface area contributed by atoms with Crippen LogP contribution in [0.25, 0.3) is 0 Å². The first-order chi connectivity index (χ1) is 4.66. The van der Waals surface area contributed by atoms with Crippen LogP contribution in [0, 0.1) is 0 Å². The Morgan fingerprint density at radius 1 is 1.70 bits per heavy atom. The number of rotatable bonds is 4. The maximum atomic E-state index is 9.82. The molecule has 1 atom stereocenters. The zero-order valence-corrected chi connectivity index (χ0v) is 5.53. The Hall–Kier alpha value is -1.10. The summed E-state index contributed by atoms with van der Waals surface area (Å²) in [6.07, 6.45) is -0.244. The van der Waals surface area contributed by atoms with Crippen LogP contribution in [0.3, 0.4) is 0 Å². The van der Waals surface area contributed by atoms with Gasteiger partial charge in [-0.1, -0.05) is 0 Å². The second-order valence-electron chi connectivity index (χ2n) is 1.80. The van der Waals surface area contributed by atoms with Crippen molar-refractivity contribution in [3.63, 3.8) is 0 Å².